The first-order chi connectivity index (χ1) is 8.84. The molecule has 0 saturated heterocycles. The molecule has 1 aromatic carbocycles. The third kappa shape index (κ3) is 3.55. The molecule has 108 valence electrons. The van der Waals surface area contributed by atoms with Gasteiger partial charge in [0, 0.05) is 12.6 Å². The Hall–Kier alpha value is -0.910. The van der Waals surface area contributed by atoms with E-state index in [0.29, 0.717) is 12.1 Å². The van der Waals surface area contributed by atoms with E-state index in [1.54, 1.807) is 31.2 Å². The summed E-state index contributed by atoms with van der Waals surface area (Å²) in [6.45, 7) is 7.83. The van der Waals surface area contributed by atoms with Crippen molar-refractivity contribution in [1.82, 2.24) is 4.31 Å². The number of sulfonamides is 1. The Morgan fingerprint density at radius 3 is 2.05 bits per heavy atom. The summed E-state index contributed by atoms with van der Waals surface area (Å²) in [4.78, 5) is 0.277. The fourth-order valence-electron chi connectivity index (χ4n) is 1.98. The number of benzene rings is 1. The molecule has 0 spiro atoms. The molecule has 1 aromatic rings. The average Bonchev–Trinajstić information content (AvgIpc) is 2.39. The van der Waals surface area contributed by atoms with E-state index in [0.717, 1.165) is 6.42 Å². The molecule has 1 N–H and O–H groups in total. The third-order valence-electron chi connectivity index (χ3n) is 3.36. The molecule has 0 aliphatic heterocycles. The Kier molecular flexibility index (Phi) is 5.52. The van der Waals surface area contributed by atoms with E-state index in [-0.39, 0.29) is 10.9 Å². The summed E-state index contributed by atoms with van der Waals surface area (Å²) < 4.78 is 26.5. The number of nitrogens with zero attached hydrogens (tertiary/aromatic N) is 1. The zero-order chi connectivity index (χ0) is 14.6. The van der Waals surface area contributed by atoms with Crippen LogP contribution in [0.1, 0.15) is 45.8 Å². The van der Waals surface area contributed by atoms with E-state index >= 15 is 0 Å². The van der Waals surface area contributed by atoms with Crippen molar-refractivity contribution in [3.05, 3.63) is 29.8 Å². The lowest BCUT2D eigenvalue weighted by atomic mass is 10.1. The Balaban J connectivity index is 3.12. The summed E-state index contributed by atoms with van der Waals surface area (Å²) in [6.07, 6.45) is 0.187. The van der Waals surface area contributed by atoms with Gasteiger partial charge in [-0.25, -0.2) is 8.42 Å². The lowest BCUT2D eigenvalue weighted by molar-refractivity contribution is 0.199. The van der Waals surface area contributed by atoms with Crippen LogP contribution < -0.4 is 0 Å². The van der Waals surface area contributed by atoms with Gasteiger partial charge < -0.3 is 5.11 Å². The highest BCUT2D eigenvalue weighted by Crippen LogP contribution is 2.21. The largest absolute Gasteiger partial charge is 0.389 e. The Bertz CT molecular complexity index is 494. The van der Waals surface area contributed by atoms with Crippen molar-refractivity contribution in [3.63, 3.8) is 0 Å². The van der Waals surface area contributed by atoms with Crippen LogP contribution in [-0.2, 0) is 10.0 Å². The first kappa shape index (κ1) is 16.1. The van der Waals surface area contributed by atoms with Crippen LogP contribution in [-0.4, -0.2) is 30.4 Å². The van der Waals surface area contributed by atoms with E-state index in [1.165, 1.54) is 4.31 Å². The SMILES string of the molecule is CCC(C)N(CC)S(=O)(=O)c1ccc(C(C)O)cc1. The summed E-state index contributed by atoms with van der Waals surface area (Å²) in [6, 6.07) is 6.40. The van der Waals surface area contributed by atoms with Crippen LogP contribution >= 0.6 is 0 Å². The smallest absolute Gasteiger partial charge is 0.243 e. The van der Waals surface area contributed by atoms with Gasteiger partial charge >= 0.3 is 0 Å². The molecule has 0 amide bonds. The average molecular weight is 285 g/mol. The minimum Gasteiger partial charge on any atom is -0.389 e. The Morgan fingerprint density at radius 2 is 1.68 bits per heavy atom. The lowest BCUT2D eigenvalue weighted by Gasteiger charge is -2.26. The molecule has 4 nitrogen and oxygen atoms in total. The van der Waals surface area contributed by atoms with Crippen LogP contribution in [0.4, 0.5) is 0 Å². The van der Waals surface area contributed by atoms with Gasteiger partial charge in [-0.2, -0.15) is 4.31 Å². The summed E-state index contributed by atoms with van der Waals surface area (Å²) in [5, 5.41) is 9.44. The molecular formula is C14H23NO3S. The van der Waals surface area contributed by atoms with Crippen molar-refractivity contribution in [2.45, 2.75) is 51.2 Å². The molecule has 19 heavy (non-hydrogen) atoms. The number of aliphatic hydroxyl groups is 1. The number of hydrogen-bond donors (Lipinski definition) is 1. The Morgan fingerprint density at radius 1 is 1.16 bits per heavy atom. The molecule has 1 rings (SSSR count). The number of hydrogen-bond acceptors (Lipinski definition) is 3. The van der Waals surface area contributed by atoms with Crippen molar-refractivity contribution < 1.29 is 13.5 Å². The maximum absolute atomic E-state index is 12.5. The molecule has 2 unspecified atom stereocenters. The van der Waals surface area contributed by atoms with Crippen LogP contribution in [0.15, 0.2) is 29.2 Å². The normalized spacial score (nSPS) is 15.5. The molecule has 0 aliphatic rings. The van der Waals surface area contributed by atoms with Gasteiger partial charge in [-0.1, -0.05) is 26.0 Å². The highest BCUT2D eigenvalue weighted by molar-refractivity contribution is 7.89. The molecule has 5 heteroatoms. The second-order valence-corrected chi connectivity index (χ2v) is 6.60. The van der Waals surface area contributed by atoms with E-state index in [2.05, 4.69) is 0 Å². The van der Waals surface area contributed by atoms with Gasteiger partial charge in [-0.05, 0) is 38.0 Å². The summed E-state index contributed by atoms with van der Waals surface area (Å²) in [5.41, 5.74) is 0.713. The maximum Gasteiger partial charge on any atom is 0.243 e. The topological polar surface area (TPSA) is 57.6 Å². The molecule has 0 aliphatic carbocycles. The first-order valence-corrected chi connectivity index (χ1v) is 8.08. The van der Waals surface area contributed by atoms with Gasteiger partial charge in [0.2, 0.25) is 10.0 Å². The van der Waals surface area contributed by atoms with Crippen molar-refractivity contribution in [2.24, 2.45) is 0 Å². The van der Waals surface area contributed by atoms with Crippen molar-refractivity contribution in [3.8, 4) is 0 Å². The van der Waals surface area contributed by atoms with E-state index < -0.39 is 16.1 Å². The van der Waals surface area contributed by atoms with Crippen molar-refractivity contribution in [1.29, 1.82) is 0 Å². The highest BCUT2D eigenvalue weighted by Gasteiger charge is 2.26. The van der Waals surface area contributed by atoms with Crippen molar-refractivity contribution >= 4 is 10.0 Å². The minimum atomic E-state index is -3.45. The van der Waals surface area contributed by atoms with Gasteiger partial charge in [-0.3, -0.25) is 0 Å². The maximum atomic E-state index is 12.5. The van der Waals surface area contributed by atoms with Gasteiger partial charge in [-0.15, -0.1) is 0 Å². The summed E-state index contributed by atoms with van der Waals surface area (Å²) in [7, 11) is -3.45. The molecule has 0 bridgehead atoms. The van der Waals surface area contributed by atoms with E-state index in [4.69, 9.17) is 0 Å². The first-order valence-electron chi connectivity index (χ1n) is 6.64. The fraction of sp³-hybridized carbons (Fsp3) is 0.571. The molecular weight excluding hydrogens is 262 g/mol. The van der Waals surface area contributed by atoms with Gasteiger partial charge in [0.15, 0.2) is 0 Å². The van der Waals surface area contributed by atoms with Gasteiger partial charge in [0.25, 0.3) is 0 Å². The Labute approximate surface area is 116 Å². The molecule has 0 fully saturated rings. The standard InChI is InChI=1S/C14H23NO3S/c1-5-11(3)15(6-2)19(17,18)14-9-7-13(8-10-14)12(4)16/h7-12,16H,5-6H2,1-4H3. The van der Waals surface area contributed by atoms with E-state index in [1.807, 2.05) is 20.8 Å². The molecule has 0 radical (unpaired) electrons. The van der Waals surface area contributed by atoms with Gasteiger partial charge in [0.05, 0.1) is 11.0 Å². The fourth-order valence-corrected chi connectivity index (χ4v) is 3.69. The van der Waals surface area contributed by atoms with Gasteiger partial charge in [0.1, 0.15) is 0 Å². The van der Waals surface area contributed by atoms with Crippen LogP contribution in [0, 0.1) is 0 Å². The predicted molar refractivity (Wildman–Crippen MR) is 76.4 cm³/mol. The van der Waals surface area contributed by atoms with Crippen molar-refractivity contribution in [2.75, 3.05) is 6.54 Å². The minimum absolute atomic E-state index is 0.0218. The second-order valence-electron chi connectivity index (χ2n) is 4.71. The predicted octanol–water partition coefficient (Wildman–Crippen LogP) is 2.55. The summed E-state index contributed by atoms with van der Waals surface area (Å²) in [5.74, 6) is 0. The lowest BCUT2D eigenvalue weighted by Crippen LogP contribution is -2.38. The van der Waals surface area contributed by atoms with Crippen LogP contribution in [0.5, 0.6) is 0 Å². The second kappa shape index (κ2) is 6.50. The van der Waals surface area contributed by atoms with E-state index in [9.17, 15) is 13.5 Å². The number of rotatable bonds is 6. The zero-order valence-corrected chi connectivity index (χ0v) is 12.8. The molecule has 0 heterocycles. The third-order valence-corrected chi connectivity index (χ3v) is 5.47. The highest BCUT2D eigenvalue weighted by atomic mass is 32.2. The number of aliphatic hydroxyl groups excluding tert-OH is 1. The monoisotopic (exact) mass is 285 g/mol. The summed E-state index contributed by atoms with van der Waals surface area (Å²) >= 11 is 0. The van der Waals surface area contributed by atoms with Crippen LogP contribution in [0.25, 0.3) is 0 Å². The molecule has 2 atom stereocenters. The molecule has 0 saturated carbocycles. The van der Waals surface area contributed by atoms with Crippen LogP contribution in [0.2, 0.25) is 0 Å². The zero-order valence-electron chi connectivity index (χ0n) is 12.0. The quantitative estimate of drug-likeness (QED) is 0.874. The van der Waals surface area contributed by atoms with Crippen LogP contribution in [0.3, 0.4) is 0 Å². The molecule has 0 aromatic heterocycles.